The summed E-state index contributed by atoms with van der Waals surface area (Å²) in [5.74, 6) is 0. The first-order valence-electron chi connectivity index (χ1n) is 9.57. The van der Waals surface area contributed by atoms with Gasteiger partial charge < -0.3 is 15.0 Å². The van der Waals surface area contributed by atoms with E-state index in [9.17, 15) is 5.21 Å². The van der Waals surface area contributed by atoms with Gasteiger partial charge in [0, 0.05) is 63.9 Å². The van der Waals surface area contributed by atoms with Crippen molar-refractivity contribution in [1.29, 1.82) is 0 Å². The van der Waals surface area contributed by atoms with Crippen LogP contribution in [0.3, 0.4) is 0 Å². The Morgan fingerprint density at radius 2 is 0.966 bits per heavy atom. The van der Waals surface area contributed by atoms with Crippen LogP contribution in [0.1, 0.15) is 22.5 Å². The maximum atomic E-state index is 12.7. The van der Waals surface area contributed by atoms with E-state index >= 15 is 0 Å². The first-order chi connectivity index (χ1) is 13.9. The van der Waals surface area contributed by atoms with Crippen LogP contribution < -0.4 is 14.5 Å². The van der Waals surface area contributed by atoms with Gasteiger partial charge in [0.2, 0.25) is 11.4 Å². The summed E-state index contributed by atoms with van der Waals surface area (Å²) in [6.45, 7) is 0. The third kappa shape index (κ3) is 5.26. The molecule has 29 heavy (non-hydrogen) atoms. The average Bonchev–Trinajstić information content (AvgIpc) is 2.72. The predicted octanol–water partition coefficient (Wildman–Crippen LogP) is 4.79. The normalized spacial score (nSPS) is 11.3. The second kappa shape index (κ2) is 9.11. The van der Waals surface area contributed by atoms with Gasteiger partial charge in [0.15, 0.2) is 0 Å². The molecule has 0 unspecified atom stereocenters. The highest BCUT2D eigenvalue weighted by atomic mass is 16.5. The number of nitrogens with zero attached hydrogens (tertiary/aromatic N) is 3. The van der Waals surface area contributed by atoms with E-state index in [-0.39, 0.29) is 0 Å². The number of pyridine rings is 1. The summed E-state index contributed by atoms with van der Waals surface area (Å²) in [6, 6.07) is 22.0. The Morgan fingerprint density at radius 1 is 0.586 bits per heavy atom. The van der Waals surface area contributed by atoms with Crippen molar-refractivity contribution in [1.82, 2.24) is 0 Å². The Bertz CT molecular complexity index is 921. The van der Waals surface area contributed by atoms with Gasteiger partial charge in [-0.3, -0.25) is 0 Å². The summed E-state index contributed by atoms with van der Waals surface area (Å²) in [4.78, 5) is 4.12. The molecule has 0 N–H and O–H groups in total. The van der Waals surface area contributed by atoms with Crippen molar-refractivity contribution in [3.8, 4) is 0 Å². The lowest BCUT2D eigenvalue weighted by atomic mass is 10.1. The molecule has 0 aliphatic rings. The second-order valence-corrected chi connectivity index (χ2v) is 7.31. The molecule has 0 atom stereocenters. The van der Waals surface area contributed by atoms with E-state index in [0.717, 1.165) is 27.2 Å². The zero-order valence-corrected chi connectivity index (χ0v) is 17.4. The molecule has 0 fully saturated rings. The van der Waals surface area contributed by atoms with Crippen molar-refractivity contribution in [2.24, 2.45) is 0 Å². The number of hydrogen-bond acceptors (Lipinski definition) is 3. The topological polar surface area (TPSA) is 33.4 Å². The molecule has 0 aliphatic heterocycles. The molecule has 0 amide bonds. The third-order valence-electron chi connectivity index (χ3n) is 4.72. The highest BCUT2D eigenvalue weighted by Crippen LogP contribution is 2.15. The Labute approximate surface area is 173 Å². The maximum absolute atomic E-state index is 12.7. The van der Waals surface area contributed by atoms with E-state index in [1.807, 2.05) is 95.0 Å². The Hall–Kier alpha value is -3.53. The summed E-state index contributed by atoms with van der Waals surface area (Å²) in [5.41, 5.74) is 5.60. The third-order valence-corrected chi connectivity index (χ3v) is 4.72. The molecule has 4 heteroatoms. The van der Waals surface area contributed by atoms with Crippen LogP contribution in [0.15, 0.2) is 66.7 Å². The lowest BCUT2D eigenvalue weighted by molar-refractivity contribution is -0.609. The molecule has 0 saturated heterocycles. The van der Waals surface area contributed by atoms with Crippen LogP contribution in [0.5, 0.6) is 0 Å². The van der Waals surface area contributed by atoms with Gasteiger partial charge >= 0.3 is 0 Å². The number of hydrogen-bond donors (Lipinski definition) is 0. The van der Waals surface area contributed by atoms with Crippen molar-refractivity contribution < 1.29 is 4.73 Å². The van der Waals surface area contributed by atoms with Crippen molar-refractivity contribution >= 4 is 35.7 Å². The Kier molecular flexibility index (Phi) is 6.35. The molecule has 1 heterocycles. The van der Waals surface area contributed by atoms with E-state index < -0.39 is 0 Å². The van der Waals surface area contributed by atoms with Gasteiger partial charge in [-0.2, -0.15) is 4.73 Å². The molecule has 148 valence electrons. The molecule has 0 bridgehead atoms. The smallest absolute Gasteiger partial charge is 0.217 e. The highest BCUT2D eigenvalue weighted by molar-refractivity contribution is 5.70. The fourth-order valence-electron chi connectivity index (χ4n) is 2.91. The van der Waals surface area contributed by atoms with Gasteiger partial charge in [0.1, 0.15) is 0 Å². The monoisotopic (exact) mass is 385 g/mol. The van der Waals surface area contributed by atoms with Crippen LogP contribution in [-0.2, 0) is 0 Å². The maximum Gasteiger partial charge on any atom is 0.217 e. The van der Waals surface area contributed by atoms with Crippen LogP contribution in [0.4, 0.5) is 11.4 Å². The minimum atomic E-state index is 0.604. The molecule has 3 rings (SSSR count). The summed E-state index contributed by atoms with van der Waals surface area (Å²) < 4.78 is 0.954. The Balaban J connectivity index is 1.76. The van der Waals surface area contributed by atoms with Gasteiger partial charge in [-0.15, -0.1) is 0 Å². The molecule has 0 radical (unpaired) electrons. The Morgan fingerprint density at radius 3 is 1.31 bits per heavy atom. The second-order valence-electron chi connectivity index (χ2n) is 7.31. The van der Waals surface area contributed by atoms with Crippen LogP contribution in [-0.4, -0.2) is 28.2 Å². The lowest BCUT2D eigenvalue weighted by Gasteiger charge is -2.11. The minimum Gasteiger partial charge on any atom is -0.618 e. The minimum absolute atomic E-state index is 0.604. The first-order valence-corrected chi connectivity index (χ1v) is 9.57. The van der Waals surface area contributed by atoms with E-state index in [4.69, 9.17) is 0 Å². The van der Waals surface area contributed by atoms with Gasteiger partial charge in [0.05, 0.1) is 0 Å². The fourth-order valence-corrected chi connectivity index (χ4v) is 2.91. The number of aromatic nitrogens is 1. The van der Waals surface area contributed by atoms with Crippen LogP contribution in [0.25, 0.3) is 24.3 Å². The zero-order chi connectivity index (χ0) is 20.8. The number of rotatable bonds is 6. The summed E-state index contributed by atoms with van der Waals surface area (Å²) in [5, 5.41) is 12.7. The number of anilines is 2. The molecule has 4 nitrogen and oxygen atoms in total. The summed E-state index contributed by atoms with van der Waals surface area (Å²) in [6.07, 6.45) is 7.61. The van der Waals surface area contributed by atoms with E-state index in [1.54, 1.807) is 0 Å². The standard InChI is InChI=1S/C25H27N3O/c1-26(2)22-14-8-20(9-15-22)12-18-24-6-5-7-25(28(24)29)19-13-21-10-16-23(17-11-21)27(3)4/h5-19H,1-4H3/b18-12-,19-13-. The lowest BCUT2D eigenvalue weighted by Crippen LogP contribution is -2.33. The van der Waals surface area contributed by atoms with Crippen molar-refractivity contribution in [2.45, 2.75) is 0 Å². The summed E-state index contributed by atoms with van der Waals surface area (Å²) >= 11 is 0. The first kappa shape index (κ1) is 20.2. The molecule has 2 aromatic carbocycles. The molecule has 1 aromatic heterocycles. The highest BCUT2D eigenvalue weighted by Gasteiger charge is 2.06. The largest absolute Gasteiger partial charge is 0.618 e. The van der Waals surface area contributed by atoms with Crippen LogP contribution >= 0.6 is 0 Å². The zero-order valence-electron chi connectivity index (χ0n) is 17.4. The van der Waals surface area contributed by atoms with Gasteiger partial charge in [-0.05, 0) is 53.6 Å². The van der Waals surface area contributed by atoms with Gasteiger partial charge in [-0.25, -0.2) is 0 Å². The van der Waals surface area contributed by atoms with Gasteiger partial charge in [-0.1, -0.05) is 24.3 Å². The molecule has 0 aliphatic carbocycles. The predicted molar refractivity (Wildman–Crippen MR) is 125 cm³/mol. The van der Waals surface area contributed by atoms with E-state index in [0.29, 0.717) is 11.4 Å². The number of benzene rings is 2. The fraction of sp³-hybridized carbons (Fsp3) is 0.160. The molecule has 0 spiro atoms. The quantitative estimate of drug-likeness (QED) is 0.452. The molecular weight excluding hydrogens is 358 g/mol. The van der Waals surface area contributed by atoms with Crippen molar-refractivity contribution in [3.05, 3.63) is 94.5 Å². The van der Waals surface area contributed by atoms with Crippen LogP contribution in [0.2, 0.25) is 0 Å². The van der Waals surface area contributed by atoms with E-state index in [1.165, 1.54) is 0 Å². The summed E-state index contributed by atoms with van der Waals surface area (Å²) in [7, 11) is 8.06. The molecule has 0 saturated carbocycles. The van der Waals surface area contributed by atoms with Crippen LogP contribution in [0, 0.1) is 5.21 Å². The van der Waals surface area contributed by atoms with Gasteiger partial charge in [0.25, 0.3) is 0 Å². The molecular formula is C25H27N3O. The molecule has 3 aromatic rings. The van der Waals surface area contributed by atoms with E-state index in [2.05, 4.69) is 34.1 Å². The average molecular weight is 386 g/mol. The SMILES string of the molecule is CN(C)c1ccc(/C=C\c2cccc(/C=C\c3ccc(N(C)C)cc3)[n+]2[O-])cc1. The van der Waals surface area contributed by atoms with Crippen molar-refractivity contribution in [2.75, 3.05) is 38.0 Å². The van der Waals surface area contributed by atoms with Crippen molar-refractivity contribution in [3.63, 3.8) is 0 Å².